The third-order valence-corrected chi connectivity index (χ3v) is 2.63. The van der Waals surface area contributed by atoms with Crippen molar-refractivity contribution < 1.29 is 4.74 Å². The van der Waals surface area contributed by atoms with Crippen molar-refractivity contribution in [1.29, 1.82) is 0 Å². The second-order valence-corrected chi connectivity index (χ2v) is 3.65. The van der Waals surface area contributed by atoms with E-state index in [-0.39, 0.29) is 0 Å². The summed E-state index contributed by atoms with van der Waals surface area (Å²) in [6, 6.07) is 0. The van der Waals surface area contributed by atoms with Crippen LogP contribution in [-0.4, -0.2) is 37.2 Å². The lowest BCUT2D eigenvalue weighted by molar-refractivity contribution is 0.0763. The fourth-order valence-corrected chi connectivity index (χ4v) is 1.93. The molecule has 2 aliphatic heterocycles. The van der Waals surface area contributed by atoms with Crippen LogP contribution >= 0.6 is 0 Å². The zero-order chi connectivity index (χ0) is 8.23. The van der Waals surface area contributed by atoms with Crippen molar-refractivity contribution in [1.82, 2.24) is 4.90 Å². The molecule has 0 radical (unpaired) electrons. The van der Waals surface area contributed by atoms with Crippen molar-refractivity contribution in [3.05, 3.63) is 12.2 Å². The Bertz CT molecular complexity index is 161. The van der Waals surface area contributed by atoms with E-state index in [9.17, 15) is 0 Å². The maximum Gasteiger partial charge on any atom is 0.0702 e. The molecular formula is C10H17NO. The maximum atomic E-state index is 5.59. The molecule has 0 saturated carbocycles. The molecule has 12 heavy (non-hydrogen) atoms. The third kappa shape index (κ3) is 2.08. The predicted molar refractivity (Wildman–Crippen MR) is 49.2 cm³/mol. The Kier molecular flexibility index (Phi) is 2.79. The summed E-state index contributed by atoms with van der Waals surface area (Å²) in [5.41, 5.74) is 0. The van der Waals surface area contributed by atoms with Crippen LogP contribution in [0.1, 0.15) is 19.3 Å². The SMILES string of the molecule is C1=CCN(CC2CCCO2)CC1. The van der Waals surface area contributed by atoms with E-state index < -0.39 is 0 Å². The topological polar surface area (TPSA) is 12.5 Å². The number of hydrogen-bond donors (Lipinski definition) is 0. The monoisotopic (exact) mass is 167 g/mol. The van der Waals surface area contributed by atoms with Crippen LogP contribution < -0.4 is 0 Å². The smallest absolute Gasteiger partial charge is 0.0702 e. The van der Waals surface area contributed by atoms with Gasteiger partial charge in [-0.3, -0.25) is 4.90 Å². The van der Waals surface area contributed by atoms with Gasteiger partial charge in [-0.25, -0.2) is 0 Å². The van der Waals surface area contributed by atoms with Gasteiger partial charge < -0.3 is 4.74 Å². The molecule has 0 aromatic carbocycles. The summed E-state index contributed by atoms with van der Waals surface area (Å²) in [6.07, 6.45) is 8.79. The Morgan fingerprint density at radius 3 is 3.08 bits per heavy atom. The Balaban J connectivity index is 1.74. The normalized spacial score (nSPS) is 31.2. The Labute approximate surface area is 74.2 Å². The van der Waals surface area contributed by atoms with Crippen molar-refractivity contribution in [2.45, 2.75) is 25.4 Å². The molecule has 0 amide bonds. The van der Waals surface area contributed by atoms with E-state index in [1.54, 1.807) is 0 Å². The van der Waals surface area contributed by atoms with Gasteiger partial charge in [-0.1, -0.05) is 12.2 Å². The molecular weight excluding hydrogens is 150 g/mol. The summed E-state index contributed by atoms with van der Waals surface area (Å²) in [5, 5.41) is 0. The van der Waals surface area contributed by atoms with Gasteiger partial charge in [0.1, 0.15) is 0 Å². The van der Waals surface area contributed by atoms with Crippen molar-refractivity contribution in [2.24, 2.45) is 0 Å². The highest BCUT2D eigenvalue weighted by molar-refractivity contribution is 4.91. The summed E-state index contributed by atoms with van der Waals surface area (Å²) in [6.45, 7) is 4.47. The average Bonchev–Trinajstić information content (AvgIpc) is 2.59. The number of hydrogen-bond acceptors (Lipinski definition) is 2. The molecule has 1 unspecified atom stereocenters. The van der Waals surface area contributed by atoms with E-state index in [0.717, 1.165) is 19.7 Å². The molecule has 2 heteroatoms. The molecule has 1 fully saturated rings. The first-order valence-corrected chi connectivity index (χ1v) is 4.94. The van der Waals surface area contributed by atoms with E-state index in [2.05, 4.69) is 17.1 Å². The van der Waals surface area contributed by atoms with Gasteiger partial charge in [0.2, 0.25) is 0 Å². The van der Waals surface area contributed by atoms with Crippen LogP contribution in [0.4, 0.5) is 0 Å². The van der Waals surface area contributed by atoms with Crippen LogP contribution in [0.2, 0.25) is 0 Å². The summed E-state index contributed by atoms with van der Waals surface area (Å²) >= 11 is 0. The molecule has 0 aromatic heterocycles. The Morgan fingerprint density at radius 1 is 1.42 bits per heavy atom. The van der Waals surface area contributed by atoms with Gasteiger partial charge in [0.15, 0.2) is 0 Å². The lowest BCUT2D eigenvalue weighted by Crippen LogP contribution is -2.34. The molecule has 2 rings (SSSR count). The molecule has 0 aromatic rings. The van der Waals surface area contributed by atoms with Gasteiger partial charge in [-0.15, -0.1) is 0 Å². The maximum absolute atomic E-state index is 5.59. The molecule has 2 nitrogen and oxygen atoms in total. The molecule has 68 valence electrons. The van der Waals surface area contributed by atoms with Crippen LogP contribution in [0.25, 0.3) is 0 Å². The van der Waals surface area contributed by atoms with E-state index in [1.807, 2.05) is 0 Å². The summed E-state index contributed by atoms with van der Waals surface area (Å²) in [5.74, 6) is 0. The first kappa shape index (κ1) is 8.27. The lowest BCUT2D eigenvalue weighted by atomic mass is 10.2. The standard InChI is InChI=1S/C10H17NO/c1-2-6-11(7-3-1)9-10-5-4-8-12-10/h1-2,10H,3-9H2. The van der Waals surface area contributed by atoms with Crippen molar-refractivity contribution in [2.75, 3.05) is 26.2 Å². The highest BCUT2D eigenvalue weighted by atomic mass is 16.5. The molecule has 0 aliphatic carbocycles. The largest absolute Gasteiger partial charge is 0.377 e. The lowest BCUT2D eigenvalue weighted by Gasteiger charge is -2.25. The van der Waals surface area contributed by atoms with Gasteiger partial charge in [0.05, 0.1) is 6.10 Å². The van der Waals surface area contributed by atoms with E-state index in [4.69, 9.17) is 4.74 Å². The highest BCUT2D eigenvalue weighted by Crippen LogP contribution is 2.14. The predicted octanol–water partition coefficient (Wildman–Crippen LogP) is 1.43. The van der Waals surface area contributed by atoms with Crippen LogP contribution in [0.3, 0.4) is 0 Å². The third-order valence-electron chi connectivity index (χ3n) is 2.63. The van der Waals surface area contributed by atoms with Crippen LogP contribution in [0.15, 0.2) is 12.2 Å². The molecule has 1 atom stereocenters. The van der Waals surface area contributed by atoms with Gasteiger partial charge in [-0.2, -0.15) is 0 Å². The first-order chi connectivity index (χ1) is 5.95. The molecule has 0 spiro atoms. The van der Waals surface area contributed by atoms with Crippen LogP contribution in [-0.2, 0) is 4.74 Å². The fraction of sp³-hybridized carbons (Fsp3) is 0.800. The Hall–Kier alpha value is -0.340. The van der Waals surface area contributed by atoms with Crippen molar-refractivity contribution in [3.63, 3.8) is 0 Å². The van der Waals surface area contributed by atoms with E-state index in [1.165, 1.54) is 25.8 Å². The number of rotatable bonds is 2. The molecule has 0 bridgehead atoms. The zero-order valence-corrected chi connectivity index (χ0v) is 7.54. The highest BCUT2D eigenvalue weighted by Gasteiger charge is 2.18. The van der Waals surface area contributed by atoms with Gasteiger partial charge >= 0.3 is 0 Å². The van der Waals surface area contributed by atoms with Crippen LogP contribution in [0.5, 0.6) is 0 Å². The zero-order valence-electron chi connectivity index (χ0n) is 7.54. The van der Waals surface area contributed by atoms with Crippen molar-refractivity contribution >= 4 is 0 Å². The van der Waals surface area contributed by atoms with E-state index >= 15 is 0 Å². The molecule has 2 heterocycles. The van der Waals surface area contributed by atoms with Crippen molar-refractivity contribution in [3.8, 4) is 0 Å². The van der Waals surface area contributed by atoms with Crippen LogP contribution in [0, 0.1) is 0 Å². The second kappa shape index (κ2) is 4.06. The second-order valence-electron chi connectivity index (χ2n) is 3.65. The summed E-state index contributed by atoms with van der Waals surface area (Å²) < 4.78 is 5.59. The van der Waals surface area contributed by atoms with Gasteiger partial charge in [0, 0.05) is 26.2 Å². The number of ether oxygens (including phenoxy) is 1. The number of nitrogens with zero attached hydrogens (tertiary/aromatic N) is 1. The minimum Gasteiger partial charge on any atom is -0.377 e. The quantitative estimate of drug-likeness (QED) is 0.577. The van der Waals surface area contributed by atoms with Gasteiger partial charge in [0.25, 0.3) is 0 Å². The van der Waals surface area contributed by atoms with Gasteiger partial charge in [-0.05, 0) is 19.3 Å². The summed E-state index contributed by atoms with van der Waals surface area (Å²) in [7, 11) is 0. The minimum absolute atomic E-state index is 0.525. The molecule has 1 saturated heterocycles. The fourth-order valence-electron chi connectivity index (χ4n) is 1.93. The van der Waals surface area contributed by atoms with E-state index in [0.29, 0.717) is 6.10 Å². The molecule has 2 aliphatic rings. The molecule has 0 N–H and O–H groups in total. The minimum atomic E-state index is 0.525. The average molecular weight is 167 g/mol. The first-order valence-electron chi connectivity index (χ1n) is 4.94. The summed E-state index contributed by atoms with van der Waals surface area (Å²) in [4.78, 5) is 2.48. The Morgan fingerprint density at radius 2 is 2.42 bits per heavy atom.